The molecule has 1 aliphatic rings. The minimum absolute atomic E-state index is 0.0822. The van der Waals surface area contributed by atoms with Crippen molar-refractivity contribution in [3.05, 3.63) is 137 Å². The number of carboxylic acid groups (broad SMARTS) is 5. The summed E-state index contributed by atoms with van der Waals surface area (Å²) in [7, 11) is 0. The zero-order valence-electron chi connectivity index (χ0n) is 56.3. The minimum atomic E-state index is -2.25. The molecule has 5 rings (SSSR count). The highest BCUT2D eigenvalue weighted by Gasteiger charge is 2.37. The highest BCUT2D eigenvalue weighted by molar-refractivity contribution is 6.02. The molecule has 8 atom stereocenters. The number of carbonyl (C=O) groups is 18. The summed E-state index contributed by atoms with van der Waals surface area (Å²) < 4.78 is 0. The SMILES string of the molecule is CC(=O)[C@@H](NC(=O)[C@H](Cc1ccccc1)NC(=O)[C@H](Cc1ccccc1)NC(=O)[C@H](CC(=O)O)NC(=O)[C@H](CC(=O)O)NC(=O)[C@H](CC(=O)O)NC(=O)CNC(=O)CNC(=O)CNC(=O)[C@H](CC(=O)O)NC(=O)[C@H](CC(=O)O)NC(=O)CCC(=O)N1Cc2ccccc2C#Cc2ccccc21)C(C)C. The Morgan fingerprint density at radius 3 is 1.16 bits per heavy atom. The van der Waals surface area contributed by atoms with Crippen molar-refractivity contribution >= 4 is 112 Å². The summed E-state index contributed by atoms with van der Waals surface area (Å²) in [5.41, 5.74) is 3.37. The number of para-hydroxylation sites is 1. The number of nitrogens with one attached hydrogen (secondary N) is 11. The van der Waals surface area contributed by atoms with Gasteiger partial charge in [-0.3, -0.25) is 86.3 Å². The van der Waals surface area contributed by atoms with Gasteiger partial charge in [0.2, 0.25) is 70.9 Å². The fraction of sp³-hybridized carbons (Fsp3) is 0.362. The van der Waals surface area contributed by atoms with Gasteiger partial charge in [0.05, 0.1) is 70.0 Å². The Balaban J connectivity index is 1.16. The number of rotatable bonds is 40. The average Bonchev–Trinajstić information content (AvgIpc) is 0.804. The van der Waals surface area contributed by atoms with Gasteiger partial charge in [-0.1, -0.05) is 117 Å². The zero-order chi connectivity index (χ0) is 76.7. The number of Topliss-reactive ketones (excluding diaryl/α,β-unsaturated/α-hetero) is 1. The number of nitrogens with zero attached hydrogens (tertiary/aromatic N) is 1. The van der Waals surface area contributed by atoms with Crippen LogP contribution in [0.25, 0.3) is 0 Å². The van der Waals surface area contributed by atoms with Gasteiger partial charge in [-0.25, -0.2) is 0 Å². The van der Waals surface area contributed by atoms with Crippen molar-refractivity contribution in [3.63, 3.8) is 0 Å². The summed E-state index contributed by atoms with van der Waals surface area (Å²) in [6.07, 6.45) is -7.43. The molecule has 35 nitrogen and oxygen atoms in total. The van der Waals surface area contributed by atoms with E-state index in [0.29, 0.717) is 33.5 Å². The first-order valence-corrected chi connectivity index (χ1v) is 32.2. The number of carboxylic acids is 5. The predicted octanol–water partition coefficient (Wildman–Crippen LogP) is -2.96. The van der Waals surface area contributed by atoms with Gasteiger partial charge in [0.15, 0.2) is 5.78 Å². The number of benzene rings is 4. The molecular weight excluding hydrogens is 1360 g/mol. The second-order valence-corrected chi connectivity index (χ2v) is 23.9. The first-order valence-electron chi connectivity index (χ1n) is 32.2. The van der Waals surface area contributed by atoms with Gasteiger partial charge in [-0.2, -0.15) is 0 Å². The van der Waals surface area contributed by atoms with Crippen LogP contribution in [0.15, 0.2) is 109 Å². The molecule has 1 heterocycles. The zero-order valence-corrected chi connectivity index (χ0v) is 56.3. The van der Waals surface area contributed by atoms with Crippen LogP contribution < -0.4 is 63.4 Å². The number of amides is 12. The van der Waals surface area contributed by atoms with Crippen LogP contribution in [-0.2, 0) is 106 Å². The van der Waals surface area contributed by atoms with E-state index in [4.69, 9.17) is 0 Å². The maximum atomic E-state index is 14.3. The molecule has 35 heteroatoms. The quantitative estimate of drug-likeness (QED) is 0.0198. The number of carbonyl (C=O) groups excluding carboxylic acids is 13. The Morgan fingerprint density at radius 1 is 0.375 bits per heavy atom. The third kappa shape index (κ3) is 27.7. The Kier molecular flexibility index (Phi) is 31.7. The van der Waals surface area contributed by atoms with Crippen LogP contribution in [0.5, 0.6) is 0 Å². The van der Waals surface area contributed by atoms with Crippen molar-refractivity contribution in [1.82, 2.24) is 58.5 Å². The van der Waals surface area contributed by atoms with E-state index in [-0.39, 0.29) is 31.1 Å². The number of aliphatic carboxylic acids is 5. The molecule has 0 spiro atoms. The third-order valence-corrected chi connectivity index (χ3v) is 15.4. The normalized spacial score (nSPS) is 13.4. The number of fused-ring (bicyclic) bond motifs is 2. The van der Waals surface area contributed by atoms with Crippen molar-refractivity contribution in [3.8, 4) is 11.8 Å². The van der Waals surface area contributed by atoms with Crippen LogP contribution in [0.1, 0.15) is 93.5 Å². The molecule has 12 amide bonds. The van der Waals surface area contributed by atoms with Crippen LogP contribution in [-0.4, -0.2) is 200 Å². The second kappa shape index (κ2) is 40.4. The largest absolute Gasteiger partial charge is 0.481 e. The lowest BCUT2D eigenvalue weighted by atomic mass is 9.98. The van der Waals surface area contributed by atoms with E-state index in [9.17, 15) is 112 Å². The second-order valence-electron chi connectivity index (χ2n) is 23.9. The smallest absolute Gasteiger partial charge is 0.305 e. The first-order chi connectivity index (χ1) is 49.3. The molecule has 0 aliphatic carbocycles. The first kappa shape index (κ1) is 81.8. The molecule has 0 saturated heterocycles. The van der Waals surface area contributed by atoms with Gasteiger partial charge in [-0.15, -0.1) is 0 Å². The van der Waals surface area contributed by atoms with Gasteiger partial charge in [0.1, 0.15) is 42.3 Å². The monoisotopic (exact) mass is 1440 g/mol. The molecule has 4 aromatic rings. The number of anilines is 1. The van der Waals surface area contributed by atoms with Crippen molar-refractivity contribution in [1.29, 1.82) is 0 Å². The van der Waals surface area contributed by atoms with Gasteiger partial charge < -0.3 is 88.9 Å². The van der Waals surface area contributed by atoms with E-state index < -0.39 is 214 Å². The van der Waals surface area contributed by atoms with E-state index in [0.717, 1.165) is 0 Å². The molecule has 0 saturated carbocycles. The van der Waals surface area contributed by atoms with E-state index >= 15 is 0 Å². The molecule has 552 valence electrons. The number of hydrogen-bond donors (Lipinski definition) is 16. The summed E-state index contributed by atoms with van der Waals surface area (Å²) in [5, 5.41) is 72.2. The van der Waals surface area contributed by atoms with Crippen molar-refractivity contribution in [2.75, 3.05) is 24.5 Å². The van der Waals surface area contributed by atoms with Crippen molar-refractivity contribution < 1.29 is 112 Å². The lowest BCUT2D eigenvalue weighted by Crippen LogP contribution is -2.60. The van der Waals surface area contributed by atoms with Gasteiger partial charge in [-0.05, 0) is 47.7 Å². The minimum Gasteiger partial charge on any atom is -0.481 e. The molecule has 4 aromatic carbocycles. The van der Waals surface area contributed by atoms with Gasteiger partial charge in [0, 0.05) is 36.8 Å². The Labute approximate surface area is 593 Å². The summed E-state index contributed by atoms with van der Waals surface area (Å²) in [6.45, 7) is 1.72. The molecule has 16 N–H and O–H groups in total. The molecule has 0 unspecified atom stereocenters. The van der Waals surface area contributed by atoms with Gasteiger partial charge >= 0.3 is 29.8 Å². The number of ketones is 1. The molecule has 0 aromatic heterocycles. The summed E-state index contributed by atoms with van der Waals surface area (Å²) >= 11 is 0. The number of hydrogen-bond acceptors (Lipinski definition) is 18. The summed E-state index contributed by atoms with van der Waals surface area (Å²) in [6, 6.07) is 15.8. The Morgan fingerprint density at radius 2 is 0.721 bits per heavy atom. The lowest BCUT2D eigenvalue weighted by molar-refractivity contribution is -0.144. The van der Waals surface area contributed by atoms with Crippen molar-refractivity contribution in [2.24, 2.45) is 5.92 Å². The van der Waals surface area contributed by atoms with E-state index in [1.807, 2.05) is 37.2 Å². The van der Waals surface area contributed by atoms with Crippen LogP contribution in [0.3, 0.4) is 0 Å². The van der Waals surface area contributed by atoms with Crippen LogP contribution in [0.2, 0.25) is 0 Å². The predicted molar refractivity (Wildman–Crippen MR) is 361 cm³/mol. The molecule has 0 fully saturated rings. The third-order valence-electron chi connectivity index (χ3n) is 15.4. The summed E-state index contributed by atoms with van der Waals surface area (Å²) in [4.78, 5) is 235. The topological polar surface area (TPSA) is 544 Å². The van der Waals surface area contributed by atoms with Crippen LogP contribution in [0, 0.1) is 17.8 Å². The fourth-order valence-electron chi connectivity index (χ4n) is 10.2. The standard InChI is InChI=1S/C69H78N12O23/c1-37(2)62(38(3)82)80-69(104)45(27-40-16-8-5-9-17-40)76-64(99)44(26-39-14-6-4-7-15-39)75-67(102)49(31-60(94)95)79-68(103)50(32-61(96)97)78-66(101)48(30-59(92)93)74-55(86)35-71-53(84)33-70-54(85)34-72-63(98)46(28-57(88)89)77-65(100)47(29-58(90)91)73-52(83)24-25-56(87)81-36-43-20-11-10-18-41(43)22-23-42-19-12-13-21-51(42)81/h4-21,37,44-50,62H,24-36H2,1-3H3,(H,70,85)(H,71,84)(H,72,98)(H,73,83)(H,74,86)(H,75,102)(H,76,99)(H,77,100)(H,78,101)(H,79,103)(H,80,104)(H,88,89)(H,90,91)(H,92,93)(H,94,95)(H,96,97)/t44-,45-,46-,47-,48-,49-,50-,62-/m0/s1. The maximum Gasteiger partial charge on any atom is 0.305 e. The highest BCUT2D eigenvalue weighted by Crippen LogP contribution is 2.26. The molecule has 0 bridgehead atoms. The Hall–Kier alpha value is -12.9. The highest BCUT2D eigenvalue weighted by atomic mass is 16.4. The summed E-state index contributed by atoms with van der Waals surface area (Å²) in [5.74, 6) is -17.1. The molecular formula is C69H78N12O23. The molecule has 0 radical (unpaired) electrons. The lowest BCUT2D eigenvalue weighted by Gasteiger charge is -2.27. The molecule has 104 heavy (non-hydrogen) atoms. The van der Waals surface area contributed by atoms with Crippen molar-refractivity contribution in [2.45, 2.75) is 133 Å². The van der Waals surface area contributed by atoms with E-state index in [1.54, 1.807) is 123 Å². The van der Waals surface area contributed by atoms with E-state index in [2.05, 4.69) is 33.1 Å². The average molecular weight is 1440 g/mol. The fourth-order valence-corrected chi connectivity index (χ4v) is 10.2. The van der Waals surface area contributed by atoms with Crippen LogP contribution >= 0.6 is 0 Å². The van der Waals surface area contributed by atoms with Crippen LogP contribution in [0.4, 0.5) is 5.69 Å². The van der Waals surface area contributed by atoms with Gasteiger partial charge in [0.25, 0.3) is 0 Å². The Bertz CT molecular complexity index is 3970. The maximum absolute atomic E-state index is 14.3. The van der Waals surface area contributed by atoms with E-state index in [1.165, 1.54) is 11.8 Å². The molecule has 1 aliphatic heterocycles.